The number of amides is 2. The van der Waals surface area contributed by atoms with Gasteiger partial charge in [-0.15, -0.1) is 4.83 Å². The number of anilines is 1. The molecule has 2 rings (SSSR count). The lowest BCUT2D eigenvalue weighted by molar-refractivity contribution is -0.114. The first kappa shape index (κ1) is 16.6. The summed E-state index contributed by atoms with van der Waals surface area (Å²) >= 11 is 0. The van der Waals surface area contributed by atoms with Crippen LogP contribution in [0.4, 0.5) is 5.69 Å². The summed E-state index contributed by atoms with van der Waals surface area (Å²) in [6, 6.07) is 10.2. The number of carbonyl (C=O) groups excluding carboxylic acids is 2. The van der Waals surface area contributed by atoms with Crippen molar-refractivity contribution in [3.8, 4) is 0 Å². The van der Waals surface area contributed by atoms with Crippen LogP contribution in [0, 0.1) is 0 Å². The van der Waals surface area contributed by atoms with Crippen molar-refractivity contribution in [3.63, 3.8) is 0 Å². The molecule has 0 aliphatic carbocycles. The van der Waals surface area contributed by atoms with Crippen LogP contribution in [0.25, 0.3) is 0 Å². The Morgan fingerprint density at radius 3 is 2.30 bits per heavy atom. The van der Waals surface area contributed by atoms with Crippen LogP contribution < -0.4 is 15.6 Å². The number of nitrogens with zero attached hydrogens (tertiary/aromatic N) is 1. The smallest absolute Gasteiger partial charge is 0.284 e. The van der Waals surface area contributed by atoms with E-state index in [0.717, 1.165) is 0 Å². The number of benzene rings is 1. The molecule has 0 saturated carbocycles. The van der Waals surface area contributed by atoms with Crippen LogP contribution in [0.5, 0.6) is 0 Å². The van der Waals surface area contributed by atoms with E-state index >= 15 is 0 Å². The fourth-order valence-corrected chi connectivity index (χ4v) is 2.49. The predicted molar refractivity (Wildman–Crippen MR) is 82.8 cm³/mol. The molecule has 120 valence electrons. The summed E-state index contributed by atoms with van der Waals surface area (Å²) < 4.78 is 24.1. The topological polar surface area (TPSA) is 117 Å². The van der Waals surface area contributed by atoms with Crippen molar-refractivity contribution in [1.82, 2.24) is 15.2 Å². The molecule has 0 unspecified atom stereocenters. The number of sulfonamides is 1. The standard InChI is InChI=1S/C14H14N4O4S/c1-10(19)16-11-5-7-12(8-6-11)23(21,22)18-17-14(20)13-4-2-3-9-15-13/h2-9,18H,1H3,(H,16,19)(H,17,20). The molecule has 0 saturated heterocycles. The number of carbonyl (C=O) groups is 2. The van der Waals surface area contributed by atoms with Crippen molar-refractivity contribution in [2.45, 2.75) is 11.8 Å². The molecule has 1 aromatic carbocycles. The van der Waals surface area contributed by atoms with Crippen LogP contribution >= 0.6 is 0 Å². The Hall–Kier alpha value is -2.78. The zero-order valence-corrected chi connectivity index (χ0v) is 12.9. The second-order valence-corrected chi connectivity index (χ2v) is 6.16. The molecule has 3 N–H and O–H groups in total. The van der Waals surface area contributed by atoms with E-state index in [4.69, 9.17) is 0 Å². The van der Waals surface area contributed by atoms with E-state index in [0.29, 0.717) is 5.69 Å². The van der Waals surface area contributed by atoms with E-state index in [1.165, 1.54) is 43.5 Å². The lowest BCUT2D eigenvalue weighted by Crippen LogP contribution is -2.41. The lowest BCUT2D eigenvalue weighted by Gasteiger charge is -2.09. The zero-order valence-electron chi connectivity index (χ0n) is 12.1. The van der Waals surface area contributed by atoms with Crippen LogP contribution in [0.15, 0.2) is 53.6 Å². The van der Waals surface area contributed by atoms with Gasteiger partial charge >= 0.3 is 0 Å². The van der Waals surface area contributed by atoms with Crippen molar-refractivity contribution in [1.29, 1.82) is 0 Å². The molecule has 1 heterocycles. The highest BCUT2D eigenvalue weighted by Crippen LogP contribution is 2.13. The zero-order chi connectivity index (χ0) is 16.9. The number of nitrogens with one attached hydrogen (secondary N) is 3. The summed E-state index contributed by atoms with van der Waals surface area (Å²) in [5.74, 6) is -0.939. The molecule has 8 nitrogen and oxygen atoms in total. The summed E-state index contributed by atoms with van der Waals surface area (Å²) in [4.78, 5) is 28.4. The minimum atomic E-state index is -3.93. The SMILES string of the molecule is CC(=O)Nc1ccc(S(=O)(=O)NNC(=O)c2ccccn2)cc1. The Morgan fingerprint density at radius 2 is 1.74 bits per heavy atom. The highest BCUT2D eigenvalue weighted by Gasteiger charge is 2.16. The van der Waals surface area contributed by atoms with Crippen molar-refractivity contribution in [2.75, 3.05) is 5.32 Å². The van der Waals surface area contributed by atoms with E-state index in [1.807, 2.05) is 4.83 Å². The van der Waals surface area contributed by atoms with Crippen molar-refractivity contribution < 1.29 is 18.0 Å². The van der Waals surface area contributed by atoms with Crippen molar-refractivity contribution in [3.05, 3.63) is 54.4 Å². The molecule has 0 aliphatic heterocycles. The van der Waals surface area contributed by atoms with E-state index < -0.39 is 15.9 Å². The molecule has 0 atom stereocenters. The molecular formula is C14H14N4O4S. The Bertz CT molecular complexity index is 804. The fourth-order valence-electron chi connectivity index (χ4n) is 1.65. The van der Waals surface area contributed by atoms with E-state index in [1.54, 1.807) is 12.1 Å². The van der Waals surface area contributed by atoms with Gasteiger partial charge in [0.05, 0.1) is 4.90 Å². The minimum Gasteiger partial charge on any atom is -0.326 e. The molecule has 1 aromatic heterocycles. The fraction of sp³-hybridized carbons (Fsp3) is 0.0714. The maximum Gasteiger partial charge on any atom is 0.284 e. The van der Waals surface area contributed by atoms with Gasteiger partial charge in [0.25, 0.3) is 15.9 Å². The van der Waals surface area contributed by atoms with Gasteiger partial charge in [0.2, 0.25) is 5.91 Å². The molecule has 2 amide bonds. The highest BCUT2D eigenvalue weighted by molar-refractivity contribution is 7.89. The third kappa shape index (κ3) is 4.59. The molecule has 9 heteroatoms. The van der Waals surface area contributed by atoms with Crippen LogP contribution in [-0.2, 0) is 14.8 Å². The van der Waals surface area contributed by atoms with Gasteiger partial charge in [-0.25, -0.2) is 8.42 Å². The van der Waals surface area contributed by atoms with Gasteiger partial charge in [-0.3, -0.25) is 20.0 Å². The maximum absolute atomic E-state index is 12.1. The van der Waals surface area contributed by atoms with E-state index in [2.05, 4.69) is 15.7 Å². The molecule has 0 bridgehead atoms. The Kier molecular flexibility index (Phi) is 5.04. The first-order valence-corrected chi connectivity index (χ1v) is 7.97. The average molecular weight is 334 g/mol. The van der Waals surface area contributed by atoms with Crippen LogP contribution in [0.2, 0.25) is 0 Å². The summed E-state index contributed by atoms with van der Waals surface area (Å²) in [5.41, 5.74) is 2.62. The quantitative estimate of drug-likeness (QED) is 0.695. The number of rotatable bonds is 5. The second-order valence-electron chi connectivity index (χ2n) is 4.48. The summed E-state index contributed by atoms with van der Waals surface area (Å²) in [7, 11) is -3.93. The second kappa shape index (κ2) is 6.99. The van der Waals surface area contributed by atoms with Gasteiger partial charge in [0.15, 0.2) is 0 Å². The molecule has 0 spiro atoms. The maximum atomic E-state index is 12.1. The largest absolute Gasteiger partial charge is 0.326 e. The Labute approximate surface area is 133 Å². The normalized spacial score (nSPS) is 10.8. The van der Waals surface area contributed by atoms with Gasteiger partial charge in [-0.1, -0.05) is 6.07 Å². The van der Waals surface area contributed by atoms with Crippen LogP contribution in [-0.4, -0.2) is 25.2 Å². The van der Waals surface area contributed by atoms with Crippen molar-refractivity contribution >= 4 is 27.5 Å². The number of hydrazine groups is 1. The molecule has 23 heavy (non-hydrogen) atoms. The number of hydrogen-bond donors (Lipinski definition) is 3. The van der Waals surface area contributed by atoms with Gasteiger partial charge < -0.3 is 5.32 Å². The Balaban J connectivity index is 2.04. The van der Waals surface area contributed by atoms with Gasteiger partial charge in [-0.2, -0.15) is 0 Å². The minimum absolute atomic E-state index is 0.0621. The van der Waals surface area contributed by atoms with E-state index in [9.17, 15) is 18.0 Å². The van der Waals surface area contributed by atoms with Gasteiger partial charge in [0, 0.05) is 18.8 Å². The first-order chi connectivity index (χ1) is 10.9. The molecule has 0 radical (unpaired) electrons. The number of aromatic nitrogens is 1. The molecule has 0 aliphatic rings. The van der Waals surface area contributed by atoms with Gasteiger partial charge in [0.1, 0.15) is 5.69 Å². The van der Waals surface area contributed by atoms with Crippen LogP contribution in [0.1, 0.15) is 17.4 Å². The van der Waals surface area contributed by atoms with Gasteiger partial charge in [-0.05, 0) is 36.4 Å². The average Bonchev–Trinajstić information content (AvgIpc) is 2.53. The first-order valence-electron chi connectivity index (χ1n) is 6.49. The van der Waals surface area contributed by atoms with E-state index in [-0.39, 0.29) is 16.5 Å². The van der Waals surface area contributed by atoms with Crippen LogP contribution in [0.3, 0.4) is 0 Å². The molecule has 2 aromatic rings. The third-order valence-electron chi connectivity index (χ3n) is 2.68. The number of pyridine rings is 1. The molecule has 0 fully saturated rings. The highest BCUT2D eigenvalue weighted by atomic mass is 32.2. The summed E-state index contributed by atoms with van der Waals surface area (Å²) in [6.07, 6.45) is 1.42. The summed E-state index contributed by atoms with van der Waals surface area (Å²) in [6.45, 7) is 1.35. The van der Waals surface area contributed by atoms with Crippen molar-refractivity contribution in [2.24, 2.45) is 0 Å². The number of hydrogen-bond acceptors (Lipinski definition) is 5. The predicted octanol–water partition coefficient (Wildman–Crippen LogP) is 0.663. The third-order valence-corrected chi connectivity index (χ3v) is 3.95. The lowest BCUT2D eigenvalue weighted by atomic mass is 10.3. The molecular weight excluding hydrogens is 320 g/mol. The Morgan fingerprint density at radius 1 is 1.04 bits per heavy atom. The monoisotopic (exact) mass is 334 g/mol. The summed E-state index contributed by atoms with van der Waals surface area (Å²) in [5, 5.41) is 2.52.